The van der Waals surface area contributed by atoms with Crippen molar-refractivity contribution in [2.24, 2.45) is 0 Å². The lowest BCUT2D eigenvalue weighted by Gasteiger charge is -2.12. The van der Waals surface area contributed by atoms with E-state index in [0.717, 1.165) is 46.5 Å². The highest BCUT2D eigenvalue weighted by atomic mass is 35.5. The highest BCUT2D eigenvalue weighted by Crippen LogP contribution is 2.34. The summed E-state index contributed by atoms with van der Waals surface area (Å²) in [5, 5.41) is 4.88. The lowest BCUT2D eigenvalue weighted by molar-refractivity contribution is 0.369. The number of anilines is 1. The monoisotopic (exact) mass is 446 g/mol. The molecule has 3 N–H and O–H groups in total. The molecule has 0 bridgehead atoms. The van der Waals surface area contributed by atoms with Gasteiger partial charge >= 0.3 is 0 Å². The van der Waals surface area contributed by atoms with Crippen LogP contribution in [0.15, 0.2) is 40.7 Å². The van der Waals surface area contributed by atoms with Gasteiger partial charge in [-0.1, -0.05) is 37.2 Å². The Morgan fingerprint density at radius 1 is 1.33 bits per heavy atom. The number of fused-ring (bicyclic) bond motifs is 1. The van der Waals surface area contributed by atoms with Gasteiger partial charge in [-0.25, -0.2) is 15.0 Å². The van der Waals surface area contributed by atoms with Crippen molar-refractivity contribution in [1.82, 2.24) is 24.8 Å². The van der Waals surface area contributed by atoms with E-state index in [4.69, 9.17) is 27.1 Å². The number of nitrogens with one attached hydrogen (secondary N) is 1. The maximum Gasteiger partial charge on any atom is 0.175 e. The van der Waals surface area contributed by atoms with E-state index in [9.17, 15) is 0 Å². The number of imidazole rings is 1. The van der Waals surface area contributed by atoms with Crippen LogP contribution < -0.4 is 11.1 Å². The van der Waals surface area contributed by atoms with Gasteiger partial charge in [0.25, 0.3) is 0 Å². The number of nitrogen functional groups attached to an aromatic ring is 1. The Hall–Kier alpha value is -2.29. The van der Waals surface area contributed by atoms with E-state index >= 15 is 0 Å². The van der Waals surface area contributed by atoms with Gasteiger partial charge in [0.1, 0.15) is 12.1 Å². The van der Waals surface area contributed by atoms with Crippen molar-refractivity contribution in [3.8, 4) is 0 Å². The number of aromatic nitrogens is 4. The molecule has 7 nitrogen and oxygen atoms in total. The first-order valence-electron chi connectivity index (χ1n) is 9.82. The van der Waals surface area contributed by atoms with Crippen LogP contribution in [-0.2, 0) is 11.3 Å². The third-order valence-corrected chi connectivity index (χ3v) is 5.67. The second kappa shape index (κ2) is 10.1. The second-order valence-corrected chi connectivity index (χ2v) is 8.55. The fourth-order valence-corrected chi connectivity index (χ4v) is 4.42. The van der Waals surface area contributed by atoms with Crippen LogP contribution in [0.3, 0.4) is 0 Å². The molecule has 0 spiro atoms. The maximum atomic E-state index is 6.38. The Balaban J connectivity index is 1.95. The normalized spacial score (nSPS) is 12.1. The fraction of sp³-hybridized carbons (Fsp3) is 0.381. The van der Waals surface area contributed by atoms with Gasteiger partial charge in [0.2, 0.25) is 0 Å². The zero-order valence-corrected chi connectivity index (χ0v) is 19.2. The van der Waals surface area contributed by atoms with Gasteiger partial charge in [-0.15, -0.1) is 0 Å². The van der Waals surface area contributed by atoms with E-state index < -0.39 is 0 Å². The Kier molecular flexibility index (Phi) is 7.58. The molecule has 0 saturated carbocycles. The van der Waals surface area contributed by atoms with Crippen molar-refractivity contribution in [3.63, 3.8) is 0 Å². The molecule has 0 fully saturated rings. The minimum Gasteiger partial charge on any atom is -0.496 e. The van der Waals surface area contributed by atoms with Crippen LogP contribution in [0.1, 0.15) is 32.8 Å². The van der Waals surface area contributed by atoms with Crippen LogP contribution in [0.2, 0.25) is 5.02 Å². The number of nitrogens with zero attached hydrogens (tertiary/aromatic N) is 4. The molecular weight excluding hydrogens is 420 g/mol. The summed E-state index contributed by atoms with van der Waals surface area (Å²) in [6.07, 6.45) is 4.33. The molecule has 3 aromatic rings. The molecular formula is C21H27ClN6OS. The van der Waals surface area contributed by atoms with E-state index in [-0.39, 0.29) is 0 Å². The summed E-state index contributed by atoms with van der Waals surface area (Å²) in [6.45, 7) is 7.87. The lowest BCUT2D eigenvalue weighted by Crippen LogP contribution is -2.24. The van der Waals surface area contributed by atoms with Crippen LogP contribution in [0.25, 0.3) is 16.9 Å². The summed E-state index contributed by atoms with van der Waals surface area (Å²) in [5.41, 5.74) is 8.33. The van der Waals surface area contributed by atoms with Crippen molar-refractivity contribution >= 4 is 46.1 Å². The molecule has 0 amide bonds. The van der Waals surface area contributed by atoms with Gasteiger partial charge in [-0.2, -0.15) is 0 Å². The van der Waals surface area contributed by atoms with Gasteiger partial charge in [-0.05, 0) is 44.2 Å². The van der Waals surface area contributed by atoms with Crippen LogP contribution in [-0.4, -0.2) is 39.2 Å². The predicted molar refractivity (Wildman–Crippen MR) is 124 cm³/mol. The number of hydrogen-bond acceptors (Lipinski definition) is 7. The molecule has 0 aliphatic carbocycles. The molecule has 160 valence electrons. The number of aryl methyl sites for hydroxylation is 1. The predicted octanol–water partition coefficient (Wildman–Crippen LogP) is 4.61. The number of hydrogen-bond donors (Lipinski definition) is 2. The summed E-state index contributed by atoms with van der Waals surface area (Å²) in [7, 11) is 1.65. The number of ether oxygens (including phenoxy) is 1. The first-order valence-corrected chi connectivity index (χ1v) is 11.0. The third kappa shape index (κ3) is 5.24. The molecule has 0 radical (unpaired) electrons. The Morgan fingerprint density at radius 2 is 2.13 bits per heavy atom. The second-order valence-electron chi connectivity index (χ2n) is 7.07. The van der Waals surface area contributed by atoms with Crippen molar-refractivity contribution in [2.75, 3.05) is 19.4 Å². The summed E-state index contributed by atoms with van der Waals surface area (Å²) in [4.78, 5) is 14.2. The minimum atomic E-state index is 0.378. The van der Waals surface area contributed by atoms with Crippen LogP contribution >= 0.6 is 23.4 Å². The van der Waals surface area contributed by atoms with Gasteiger partial charge in [0, 0.05) is 28.1 Å². The van der Waals surface area contributed by atoms with Crippen LogP contribution in [0.5, 0.6) is 0 Å². The van der Waals surface area contributed by atoms with Gasteiger partial charge in [0.05, 0.1) is 7.11 Å². The number of nitrogens with two attached hydrogens (primary N) is 1. The molecule has 0 aliphatic heterocycles. The van der Waals surface area contributed by atoms with Gasteiger partial charge in [-0.3, -0.25) is 0 Å². The van der Waals surface area contributed by atoms with E-state index in [1.807, 2.05) is 31.2 Å². The molecule has 0 aliphatic rings. The van der Waals surface area contributed by atoms with Crippen LogP contribution in [0, 0.1) is 0 Å². The van der Waals surface area contributed by atoms with Crippen molar-refractivity contribution < 1.29 is 4.74 Å². The average Bonchev–Trinajstić information content (AvgIpc) is 3.04. The molecule has 30 heavy (non-hydrogen) atoms. The molecule has 3 rings (SSSR count). The number of benzene rings is 1. The summed E-state index contributed by atoms with van der Waals surface area (Å²) >= 11 is 7.90. The standard InChI is InChI=1S/C21H27ClN6OS/c1-5-17(29-4)14-9-15(22)11-16(10-14)30-21-27-18-19(23)25-12-26-20(18)28(21)8-6-7-24-13(2)3/h5,9-13,24H,6-8H2,1-4H3,(H2,23,25,26)/b17-5-. The maximum absolute atomic E-state index is 6.38. The largest absolute Gasteiger partial charge is 0.496 e. The number of halogens is 1. The van der Waals surface area contributed by atoms with Crippen molar-refractivity contribution in [1.29, 1.82) is 0 Å². The Labute approximate surface area is 186 Å². The zero-order chi connectivity index (χ0) is 21.7. The van der Waals surface area contributed by atoms with E-state index in [0.29, 0.717) is 22.4 Å². The lowest BCUT2D eigenvalue weighted by atomic mass is 10.2. The van der Waals surface area contributed by atoms with E-state index in [2.05, 4.69) is 33.7 Å². The van der Waals surface area contributed by atoms with E-state index in [1.165, 1.54) is 18.1 Å². The van der Waals surface area contributed by atoms with Gasteiger partial charge in [0.15, 0.2) is 22.1 Å². The molecule has 9 heteroatoms. The number of allylic oxidation sites excluding steroid dienone is 1. The van der Waals surface area contributed by atoms with Crippen LogP contribution in [0.4, 0.5) is 5.82 Å². The van der Waals surface area contributed by atoms with Gasteiger partial charge < -0.3 is 20.4 Å². The molecule has 0 saturated heterocycles. The van der Waals surface area contributed by atoms with E-state index in [1.54, 1.807) is 7.11 Å². The first kappa shape index (κ1) is 22.4. The topological polar surface area (TPSA) is 90.9 Å². The number of methoxy groups -OCH3 is 1. The molecule has 2 heterocycles. The summed E-state index contributed by atoms with van der Waals surface area (Å²) in [5.74, 6) is 1.14. The molecule has 1 aromatic carbocycles. The highest BCUT2D eigenvalue weighted by Gasteiger charge is 2.17. The first-order chi connectivity index (χ1) is 14.4. The minimum absolute atomic E-state index is 0.378. The van der Waals surface area contributed by atoms with Crippen molar-refractivity contribution in [2.45, 2.75) is 49.8 Å². The Morgan fingerprint density at radius 3 is 2.83 bits per heavy atom. The smallest absolute Gasteiger partial charge is 0.175 e. The quantitative estimate of drug-likeness (QED) is 0.366. The molecule has 2 aromatic heterocycles. The third-order valence-electron chi connectivity index (χ3n) is 4.48. The average molecular weight is 447 g/mol. The highest BCUT2D eigenvalue weighted by molar-refractivity contribution is 7.99. The van der Waals surface area contributed by atoms with Crippen molar-refractivity contribution in [3.05, 3.63) is 41.2 Å². The molecule has 0 unspecified atom stereocenters. The molecule has 0 atom stereocenters. The fourth-order valence-electron chi connectivity index (χ4n) is 3.11. The number of rotatable bonds is 9. The summed E-state index contributed by atoms with van der Waals surface area (Å²) < 4.78 is 7.54. The Bertz CT molecular complexity index is 1050. The summed E-state index contributed by atoms with van der Waals surface area (Å²) in [6, 6.07) is 6.28. The SMILES string of the molecule is C/C=C(\OC)c1cc(Cl)cc(Sc2nc3c(N)ncnc3n2CCCNC(C)C)c1. The zero-order valence-electron chi connectivity index (χ0n) is 17.6.